The number of hydrogen-bond donors (Lipinski definition) is 9. The van der Waals surface area contributed by atoms with Crippen molar-refractivity contribution in [2.45, 2.75) is 54.8 Å². The molecule has 1 saturated heterocycles. The van der Waals surface area contributed by atoms with Crippen LogP contribution in [0.2, 0.25) is 15.1 Å². The molecule has 0 aliphatic carbocycles. The number of carbonyl (C=O) groups is 3. The fourth-order valence-corrected chi connectivity index (χ4v) is 13.5. The van der Waals surface area contributed by atoms with Crippen LogP contribution in [0.1, 0.15) is 96.0 Å². The van der Waals surface area contributed by atoms with E-state index in [2.05, 4.69) is 148 Å². The number of nitriles is 2. The standard InChI is InChI=1S/C16H14ClN7O.C16H13ClN4O.C9H7BrN2O2.C8H6BrN3O.C8H4BrN3.C8H5BrN2O2.C8H10ClNO.C4H8O.CH3F.CH4O.3CH4.H3N2O.Na/c1-25-13-8-11(17)3-2-10(13)9-19-12-4-5-14-18-6-7-24(14)15(12)16-20-22-23-21-16;1-22-15-8-12(17)3-2-11(15)10-20-13-4-5-16-19-6-7-21(16)14(13)9-18;1-14-9(13)8-6(10)2-3-7-11-4-5-12(7)8;9-5-1-2-6-11-3-4-12(6)7(5)8(10)13;9-6-1-2-8-11-3-4-12(8)7(6)5-10;9-5-1-2-6-10-3-4-11(6)7(5)8(12)13;1-11-8-4-7(9)3-2-6(8)5-10;1-2-4-5-3-1;2*1-2;;;;1-2-3;/h2-8,19H,9H2,1H3,(H,20,21,22,23);2-8,20H,10H2,1H3;2-5H,1H3;1-4H,(H2,10,13);1-4H;1-4H,(H,12,13);2-4H,5,10H2,1H3;1-4H2;1H3;2H,1H3;3*1H4;3H,1H2;/q;;;;;;;;;;;;;-1;+1/i;;;;;;;;1D;;;;;;. The molecule has 44 heteroatoms. The number of tetrazole rings is 1. The van der Waals surface area contributed by atoms with E-state index in [9.17, 15) is 24.0 Å². The number of carboxylic acids is 1. The summed E-state index contributed by atoms with van der Waals surface area (Å²) in [4.78, 5) is 58.0. The minimum atomic E-state index is -1.00. The first kappa shape index (κ1) is 107. The second kappa shape index (κ2) is 56.7. The number of aliphatic hydroxyl groups is 1. The second-order valence-corrected chi connectivity index (χ2v) is 28.3. The van der Waals surface area contributed by atoms with Gasteiger partial charge in [0.05, 0.1) is 52.8 Å². The number of methoxy groups -OCH3 is 4. The monoisotopic (exact) mass is 2050 g/mol. The third-order valence-corrected chi connectivity index (χ3v) is 19.8. The number of aromatic nitrogens is 16. The van der Waals surface area contributed by atoms with Gasteiger partial charge in [0, 0.05) is 159 Å². The number of nitrogens with zero attached hydrogens (tertiary/aromatic N) is 18. The topological polar surface area (TPSA) is 480 Å². The van der Waals surface area contributed by atoms with Gasteiger partial charge in [0.25, 0.3) is 5.91 Å². The molecule has 16 aromatic rings. The van der Waals surface area contributed by atoms with Crippen LogP contribution < -0.4 is 71.7 Å². The number of benzene rings is 3. The van der Waals surface area contributed by atoms with Crippen molar-refractivity contribution in [3.8, 4) is 40.9 Å². The summed E-state index contributed by atoms with van der Waals surface area (Å²) in [5, 5.41) is 64.0. The summed E-state index contributed by atoms with van der Waals surface area (Å²) in [6, 6.07) is 42.6. The molecule has 1 aliphatic rings. The maximum Gasteiger partial charge on any atom is 1.00 e. The number of aliphatic hydroxyl groups excluding tert-OH is 1. The number of rotatable bonds is 14. The summed E-state index contributed by atoms with van der Waals surface area (Å²) in [5.74, 6) is 4.85. The molecule has 0 spiro atoms. The number of aromatic carboxylic acids is 1. The number of nitrogens with two attached hydrogens (primary N) is 3. The van der Waals surface area contributed by atoms with E-state index in [1.165, 1.54) is 24.4 Å². The van der Waals surface area contributed by atoms with Gasteiger partial charge in [0.15, 0.2) is 0 Å². The van der Waals surface area contributed by atoms with Gasteiger partial charge in [-0.25, -0.2) is 39.5 Å². The molecule has 1 amide bonds. The van der Waals surface area contributed by atoms with Crippen LogP contribution in [0.15, 0.2) is 220 Å². The van der Waals surface area contributed by atoms with Crippen molar-refractivity contribution in [2.24, 2.45) is 17.3 Å². The number of hydrogen-bond acceptors (Lipinski definition) is 25. The Labute approximate surface area is 796 Å². The summed E-state index contributed by atoms with van der Waals surface area (Å²) in [6.07, 6.45) is 22.8. The molecular formula is C82H89Br4Cl3FN24NaO11. The zero-order valence-electron chi connectivity index (χ0n) is 67.1. The van der Waals surface area contributed by atoms with E-state index in [4.69, 9.17) is 87.3 Å². The van der Waals surface area contributed by atoms with E-state index in [-0.39, 0.29) is 63.5 Å². The number of aromatic amines is 1. The van der Waals surface area contributed by atoms with Gasteiger partial charge in [0.2, 0.25) is 5.82 Å². The number of esters is 1. The maximum atomic E-state index is 11.4. The summed E-state index contributed by atoms with van der Waals surface area (Å²) >= 11 is 30.7. The SMILES string of the molecule is C.C.C.C1CCOC1.CO.COC(=O)c1c(Br)ccc2nccn12.COc1cc(Cl)ccc1CN.COc1cc(Cl)ccc1CNc1ccc2nccn2c1-c1nn[nH]n1.COc1cc(Cl)ccc1CNc1ccc2nccn2c1C#N.N#Cc1c(Br)ccc2nccn12.NC(=O)c1c(Br)ccc2nccn12.N[N-]O.O=C(O)c1c(Br)ccc2nccn12.[2H]CF.[Na+]. The quantitative estimate of drug-likeness (QED) is 0.0211. The number of alkyl halides is 1. The van der Waals surface area contributed by atoms with Crippen molar-refractivity contribution in [1.29, 1.82) is 10.5 Å². The van der Waals surface area contributed by atoms with Crippen LogP contribution in [0.5, 0.6) is 17.2 Å². The average molecular weight is 2060 g/mol. The number of primary amides is 1. The number of amides is 1. The molecule has 1 aliphatic heterocycles. The van der Waals surface area contributed by atoms with E-state index in [0.29, 0.717) is 99.4 Å². The molecule has 12 N–H and O–H groups in total. The number of carboxylic acid groups (broad SMARTS) is 1. The molecule has 660 valence electrons. The molecule has 0 saturated carbocycles. The zero-order valence-corrected chi connectivity index (χ0v) is 76.7. The van der Waals surface area contributed by atoms with Crippen LogP contribution >= 0.6 is 98.5 Å². The largest absolute Gasteiger partial charge is 1.00 e. The normalized spacial score (nSPS) is 10.4. The van der Waals surface area contributed by atoms with Gasteiger partial charge < -0.3 is 72.6 Å². The molecule has 0 radical (unpaired) electrons. The minimum absolute atomic E-state index is 0. The smallest absolute Gasteiger partial charge is 0.496 e. The predicted molar refractivity (Wildman–Crippen MR) is 493 cm³/mol. The van der Waals surface area contributed by atoms with E-state index in [1.807, 2.05) is 89.0 Å². The van der Waals surface area contributed by atoms with Gasteiger partial charge >= 0.3 is 41.5 Å². The number of anilines is 2. The Morgan fingerprint density at radius 1 is 0.563 bits per heavy atom. The molecule has 17 rings (SSSR count). The second-order valence-electron chi connectivity index (χ2n) is 23.6. The van der Waals surface area contributed by atoms with Crippen molar-refractivity contribution in [1.82, 2.24) is 76.9 Å². The number of nitrogens with one attached hydrogen (secondary N) is 3. The Bertz CT molecular complexity index is 6120. The predicted octanol–water partition coefficient (Wildman–Crippen LogP) is 14.4. The third-order valence-electron chi connectivity index (χ3n) is 16.5. The average Bonchev–Trinajstić information content (AvgIpc) is 1.64. The maximum absolute atomic E-state index is 11.4. The molecule has 1 fully saturated rings. The summed E-state index contributed by atoms with van der Waals surface area (Å²) < 4.78 is 53.8. The van der Waals surface area contributed by atoms with Crippen molar-refractivity contribution >= 4 is 162 Å². The van der Waals surface area contributed by atoms with Gasteiger partial charge in [-0.1, -0.05) is 75.3 Å². The number of fused-ring (bicyclic) bond motifs is 6. The van der Waals surface area contributed by atoms with Crippen LogP contribution in [0.4, 0.5) is 15.8 Å². The number of halogens is 8. The summed E-state index contributed by atoms with van der Waals surface area (Å²) in [6.45, 7) is 3.54. The molecule has 0 atom stereocenters. The first-order valence-corrected chi connectivity index (χ1v) is 39.5. The van der Waals surface area contributed by atoms with Crippen molar-refractivity contribution < 1.29 is 88.8 Å². The molecule has 14 heterocycles. The Hall–Kier alpha value is -11.3. The number of imidazole rings is 6. The molecule has 3 aromatic carbocycles. The Morgan fingerprint density at radius 3 is 1.30 bits per heavy atom. The molecule has 126 heavy (non-hydrogen) atoms. The molecule has 35 nitrogen and oxygen atoms in total. The third kappa shape index (κ3) is 29.7. The first-order chi connectivity index (χ1) is 59.5. The van der Waals surface area contributed by atoms with Crippen molar-refractivity contribution in [3.05, 3.63) is 285 Å². The zero-order chi connectivity index (χ0) is 89.5. The number of carbonyl (C=O) groups excluding carboxylic acids is 2. The van der Waals surface area contributed by atoms with Crippen LogP contribution in [0.3, 0.4) is 0 Å². The Morgan fingerprint density at radius 2 is 0.913 bits per heavy atom. The van der Waals surface area contributed by atoms with Crippen molar-refractivity contribution in [3.63, 3.8) is 0 Å². The summed E-state index contributed by atoms with van der Waals surface area (Å²) in [7, 11) is 6.18. The van der Waals surface area contributed by atoms with Gasteiger partial charge in [-0.3, -0.25) is 35.6 Å². The van der Waals surface area contributed by atoms with Gasteiger partial charge in [0.1, 0.15) is 97.4 Å². The van der Waals surface area contributed by atoms with Crippen molar-refractivity contribution in [2.75, 3.05) is 66.5 Å². The van der Waals surface area contributed by atoms with Crippen LogP contribution in [0.25, 0.3) is 51.0 Å². The number of ether oxygens (including phenoxy) is 5. The fourth-order valence-electron chi connectivity index (χ4n) is 11.1. The summed E-state index contributed by atoms with van der Waals surface area (Å²) in [5.41, 5.74) is 24.5. The molecule has 0 bridgehead atoms. The van der Waals surface area contributed by atoms with Crippen LogP contribution in [-0.2, 0) is 29.1 Å². The Balaban J connectivity index is 0.000000378. The Kier molecular flexibility index (Phi) is 48.1. The fraction of sp³-hybridized carbons (Fsp3) is 0.195. The van der Waals surface area contributed by atoms with Gasteiger partial charge in [-0.2, -0.15) is 15.7 Å². The van der Waals surface area contributed by atoms with E-state index >= 15 is 0 Å². The molecule has 13 aromatic heterocycles. The van der Waals surface area contributed by atoms with Gasteiger partial charge in [-0.15, -0.1) is 10.2 Å². The van der Waals surface area contributed by atoms with Gasteiger partial charge in [-0.05, 0) is 191 Å². The van der Waals surface area contributed by atoms with E-state index in [0.717, 1.165) is 87.0 Å². The van der Waals surface area contributed by atoms with E-state index < -0.39 is 19.0 Å². The number of H-pyrrole nitrogens is 1. The van der Waals surface area contributed by atoms with E-state index in [1.54, 1.807) is 162 Å². The molecule has 0 unspecified atom stereocenters. The molecular weight excluding hydrogens is 1970 g/mol. The minimum Gasteiger partial charge on any atom is -0.496 e. The van der Waals surface area contributed by atoms with Crippen LogP contribution in [-0.4, -0.2) is 166 Å². The van der Waals surface area contributed by atoms with Crippen LogP contribution in [0, 0.1) is 22.7 Å². The number of pyridine rings is 6. The first-order valence-electron chi connectivity index (χ1n) is 35.9.